The van der Waals surface area contributed by atoms with Gasteiger partial charge in [0, 0.05) is 207 Å². The Kier molecular flexibility index (Phi) is 14.2. The van der Waals surface area contributed by atoms with Crippen molar-refractivity contribution in [3.63, 3.8) is 0 Å². The van der Waals surface area contributed by atoms with Gasteiger partial charge in [0.15, 0.2) is 46.0 Å². The summed E-state index contributed by atoms with van der Waals surface area (Å²) in [6, 6.07) is -12.2. The minimum absolute atomic E-state index is 0.113. The topological polar surface area (TPSA) is 296 Å². The third-order valence-electron chi connectivity index (χ3n) is 18.3. The highest BCUT2D eigenvalue weighted by molar-refractivity contribution is 5.77. The summed E-state index contributed by atoms with van der Waals surface area (Å²) < 4.78 is 672. The van der Waals surface area contributed by atoms with Crippen molar-refractivity contribution < 1.29 is 172 Å². The second kappa shape index (κ2) is 43.9. The van der Waals surface area contributed by atoms with E-state index in [1.807, 2.05) is 0 Å². The molecule has 0 spiro atoms. The highest BCUT2D eigenvalue weighted by atomic mass is 16.6. The van der Waals surface area contributed by atoms with Crippen LogP contribution in [0.4, 0.5) is 0 Å². The molecule has 8 N–H and O–H groups in total. The van der Waals surface area contributed by atoms with Crippen LogP contribution in [0.2, 0.25) is 0 Å². The number of esters is 4. The molecular weight excluding hydrogens is 1520 g/mol. The predicted molar refractivity (Wildman–Crippen MR) is 471 cm³/mol. The van der Waals surface area contributed by atoms with Gasteiger partial charge < -0.3 is 79.8 Å². The minimum Gasteiger partial charge on any atom is -0.493 e. The lowest BCUT2D eigenvalue weighted by Gasteiger charge is -2.47. The number of aryl methyl sites for hydroxylation is 4. The molecule has 0 bridgehead atoms. The summed E-state index contributed by atoms with van der Waals surface area (Å²) in [6.07, 6.45) is -60.3. The number of ether oxygens (including phenoxy) is 12. The number of hydrogen-bond acceptors (Lipinski definition) is 24. The van der Waals surface area contributed by atoms with Gasteiger partial charge in [0.1, 0.15) is 48.5 Å². The van der Waals surface area contributed by atoms with Crippen LogP contribution in [-0.4, -0.2) is 201 Å². The Hall–Kier alpha value is -7.16. The summed E-state index contributed by atoms with van der Waals surface area (Å²) in [6.45, 7) is -33.4. The molecule has 16 unspecified atom stereocenters. The van der Waals surface area contributed by atoms with Crippen molar-refractivity contribution in [3.8, 4) is 46.0 Å². The average Bonchev–Trinajstić information content (AvgIpc) is 0.410. The number of benzene rings is 4. The van der Waals surface area contributed by atoms with Crippen molar-refractivity contribution in [1.82, 2.24) is 19.6 Å². The van der Waals surface area contributed by atoms with E-state index in [1.54, 1.807) is 0 Å². The Morgan fingerprint density at radius 1 is 0.375 bits per heavy atom. The van der Waals surface area contributed by atoms with E-state index in [1.165, 1.54) is 76.7 Å². The smallest absolute Gasteiger partial charge is 0.323 e. The Morgan fingerprint density at radius 2 is 0.625 bits per heavy atom. The summed E-state index contributed by atoms with van der Waals surface area (Å²) >= 11 is 0. The normalized spacial score (nSPS) is 48.2. The second-order valence-corrected chi connectivity index (χ2v) is 28.6. The van der Waals surface area contributed by atoms with Gasteiger partial charge in [-0.3, -0.25) is 38.8 Å². The summed E-state index contributed by atoms with van der Waals surface area (Å²) in [4.78, 5) is 52.3. The largest absolute Gasteiger partial charge is 0.493 e. The molecule has 4 fully saturated rings. The van der Waals surface area contributed by atoms with Crippen molar-refractivity contribution in [2.24, 2.45) is 93.8 Å². The Morgan fingerprint density at radius 3 is 0.908 bits per heavy atom. The fourth-order valence-corrected chi connectivity index (χ4v) is 11.6. The molecule has 4 aromatic carbocycles. The van der Waals surface area contributed by atoms with Crippen LogP contribution in [0.1, 0.15) is 326 Å². The highest BCUT2D eigenvalue weighted by Crippen LogP contribution is 2.50. The van der Waals surface area contributed by atoms with Crippen molar-refractivity contribution >= 4 is 23.9 Å². The lowest BCUT2D eigenvalue weighted by molar-refractivity contribution is -0.161. The molecule has 24 nitrogen and oxygen atoms in total. The Bertz CT molecular complexity index is 7410. The van der Waals surface area contributed by atoms with Crippen LogP contribution in [0.25, 0.3) is 0 Å². The zero-order chi connectivity index (χ0) is 150. The van der Waals surface area contributed by atoms with Gasteiger partial charge in [-0.05, 0) is 191 Å². The lowest BCUT2D eigenvalue weighted by Crippen LogP contribution is -2.51. The SMILES string of the molecule is [2H]C([2H])([2H])C([2H])(C)C([2H])([2H])C1([2H])C(OC(=O)[C@@H](N)C(C)C)C([2H])([2H])C2([2H])c3cc(OC)c(OC)cc3C([2H])([2H])C([2H])([2H])N2C1([2H])[2H].[2H]C([2H])([2H])C([2H])(C)C([2H])([2H])C1([2H])C([2H])([2H])N2C(c3cc(OC)c(OC)cc3C([2H])([2H])C2([2H])[2H])C([2H])([2H])C1([2H])OC(=O)[C@@H](N)C(C)C.[2H]C([2H])([2H])Oc1cc2c(cc1OC)C1([2H])N(C([2H])([2H])C2([2H])[2H])C([2H])([2H])C([2H])(C([2H])([2H])C([2H])(C)C([2H])([2H])[2H])C(OC(=O)[C@@H](N)C(C)C)C1([2H])[2H].[2H]C([2H])([2H])Oc1cc2c(cc1OC)C1N(C([2H])([2H])C2([2H])[2H])C([2H])([2H])C([2H])(C([2H])([2H])C([2H])(C)C([2H])([2H])[2H])C([2H])(OC(=O)[C@@H](N)C(C)C)C1([2H])[2H]. The Balaban J connectivity index is 0.000000275. The number of hydrogen-bond donors (Lipinski definition) is 4. The third kappa shape index (κ3) is 23.8. The van der Waals surface area contributed by atoms with Crippen LogP contribution >= 0.6 is 0 Å². The first-order chi connectivity index (χ1) is 83.7. The maximum Gasteiger partial charge on any atom is 0.323 e. The summed E-state index contributed by atoms with van der Waals surface area (Å²) in [5.41, 5.74) is 17.6. The van der Waals surface area contributed by atoms with Crippen LogP contribution in [0.15, 0.2) is 48.5 Å². The molecule has 20 atom stereocenters. The van der Waals surface area contributed by atoms with Gasteiger partial charge in [-0.1, -0.05) is 110 Å². The summed E-state index contributed by atoms with van der Waals surface area (Å²) in [7, 11) is 0.333. The number of piperidine rings is 4. The van der Waals surface area contributed by atoms with E-state index in [9.17, 15) is 52.1 Å². The number of nitrogens with zero attached hydrogens (tertiary/aromatic N) is 4. The first-order valence-electron chi connectivity index (χ1n) is 72.1. The molecule has 8 aliphatic rings. The van der Waals surface area contributed by atoms with Crippen LogP contribution in [-0.2, 0) is 63.6 Å². The van der Waals surface area contributed by atoms with Crippen LogP contribution in [0.5, 0.6) is 46.0 Å². The highest BCUT2D eigenvalue weighted by Gasteiger charge is 2.47. The monoisotopic (exact) mass is 1740 g/mol. The average molecular weight is 1740 g/mol. The maximum absolute atomic E-state index is 13.4. The molecule has 0 saturated carbocycles. The van der Waals surface area contributed by atoms with Crippen LogP contribution < -0.4 is 60.8 Å². The molecule has 12 rings (SSSR count). The summed E-state index contributed by atoms with van der Waals surface area (Å²) in [5.74, 6) is -43.6. The molecule has 0 aliphatic carbocycles. The van der Waals surface area contributed by atoms with Gasteiger partial charge in [-0.25, -0.2) is 0 Å². The molecule has 8 aliphatic heterocycles. The number of carbonyl (C=O) groups is 4. The molecule has 24 heteroatoms. The molecular formula is C96H152N8O16. The van der Waals surface area contributed by atoms with Crippen molar-refractivity contribution in [3.05, 3.63) is 93.0 Å². The van der Waals surface area contributed by atoms with Crippen molar-refractivity contribution in [1.29, 1.82) is 0 Å². The first kappa shape index (κ1) is 38.8. The number of rotatable bonds is 28. The van der Waals surface area contributed by atoms with Crippen LogP contribution in [0, 0.1) is 70.8 Å². The van der Waals surface area contributed by atoms with Gasteiger partial charge in [0.2, 0.25) is 0 Å². The van der Waals surface area contributed by atoms with E-state index >= 15 is 0 Å². The fraction of sp³-hybridized carbons (Fsp3) is 0.708. The quantitative estimate of drug-likeness (QED) is 0.0303. The number of nitrogens with two attached hydrogens (primary N) is 4. The Labute approximate surface area is 817 Å². The standard InChI is InChI=1S/4C24H38N2O4/c4*1-14(2)9-17-13-26-8-7-16-10-21(28-5)22(29-6)11-18(16)19(26)12-20(17)30-24(27)23(25)15(3)4/h4*10-11,14-15,17,19-20,23H,7-9,12-13,25H2,1-6H3/t4*17?,19?,20?,23-/m0000/s1/i1D3,5D3,7D2,8D2,9D2,12D2,13D2,14D,17D,20D;1D3,5D3,7D2,8D2,9D2,12D2,13D2,14D,17D,19D;1D3,7D2,8D2,9D2,12D2,13D2,14D,17D,20D;1D3,7D2,8D2,9D2,12D2,13D2,14D,17D,19D/t4*14?,17?,19?,20?,23-. The maximum atomic E-state index is 13.4. The number of carbonyl (C=O) groups excluding carboxylic acids is 4. The number of methoxy groups -OCH3 is 8. The van der Waals surface area contributed by atoms with Gasteiger partial charge in [0.25, 0.3) is 0 Å². The van der Waals surface area contributed by atoms with Crippen molar-refractivity contribution in [2.75, 3.05) is 109 Å². The van der Waals surface area contributed by atoms with E-state index in [2.05, 4.69) is 0 Å². The van der Waals surface area contributed by atoms with E-state index in [0.29, 0.717) is 45.9 Å². The minimum atomic E-state index is -4.43. The molecule has 0 radical (unpaired) electrons. The van der Waals surface area contributed by atoms with Gasteiger partial charge in [-0.2, -0.15) is 0 Å². The predicted octanol–water partition coefficient (Wildman–Crippen LogP) is 14.3. The van der Waals surface area contributed by atoms with Crippen molar-refractivity contribution in [2.45, 2.75) is 260 Å². The zero-order valence-corrected chi connectivity index (χ0v) is 69.2. The lowest BCUT2D eigenvalue weighted by atomic mass is 9.79. The summed E-state index contributed by atoms with van der Waals surface area (Å²) in [5, 5.41) is 0. The molecule has 672 valence electrons. The van der Waals surface area contributed by atoms with E-state index in [-0.39, 0.29) is 37.7 Å². The first-order valence-corrected chi connectivity index (χ1v) is 37.1. The molecule has 120 heavy (non-hydrogen) atoms. The molecule has 4 saturated heterocycles. The van der Waals surface area contributed by atoms with Gasteiger partial charge in [-0.15, -0.1) is 0 Å². The molecule has 0 amide bonds. The van der Waals surface area contributed by atoms with E-state index in [4.69, 9.17) is 143 Å². The van der Waals surface area contributed by atoms with Gasteiger partial charge >= 0.3 is 23.9 Å². The second-order valence-electron chi connectivity index (χ2n) is 28.6. The van der Waals surface area contributed by atoms with E-state index in [0.717, 1.165) is 51.7 Å². The van der Waals surface area contributed by atoms with E-state index < -0.39 is 410 Å². The van der Waals surface area contributed by atoms with Crippen LogP contribution in [0.3, 0.4) is 0 Å². The van der Waals surface area contributed by atoms with Gasteiger partial charge in [0.05, 0.1) is 70.4 Å². The zero-order valence-electron chi connectivity index (χ0n) is 139. The molecule has 0 aromatic heterocycles. The fourth-order valence-electron chi connectivity index (χ4n) is 11.6. The molecule has 4 aromatic rings. The number of fused-ring (bicyclic) bond motifs is 12. The molecule has 8 heterocycles. The third-order valence-corrected chi connectivity index (χ3v) is 18.3.